The highest BCUT2D eigenvalue weighted by atomic mass is 32.2. The number of nitrogens with one attached hydrogen (secondary N) is 2. The summed E-state index contributed by atoms with van der Waals surface area (Å²) in [7, 11) is -1.68. The van der Waals surface area contributed by atoms with Crippen molar-refractivity contribution in [3.63, 3.8) is 0 Å². The number of methoxy groups -OCH3 is 1. The predicted molar refractivity (Wildman–Crippen MR) is 96.6 cm³/mol. The minimum absolute atomic E-state index is 0.0776. The Labute approximate surface area is 152 Å². The second-order valence-electron chi connectivity index (χ2n) is 6.67. The van der Waals surface area contributed by atoms with Crippen LogP contribution >= 0.6 is 0 Å². The minimum Gasteiger partial charge on any atom is -0.495 e. The number of amides is 2. The number of piperidine rings is 1. The molecule has 0 unspecified atom stereocenters. The molecule has 26 heavy (non-hydrogen) atoms. The minimum atomic E-state index is -3.20. The Hall–Kier alpha value is -2.13. The van der Waals surface area contributed by atoms with Crippen molar-refractivity contribution in [1.29, 1.82) is 0 Å². The zero-order valence-electron chi connectivity index (χ0n) is 14.8. The number of nitrogens with zero attached hydrogens (tertiary/aromatic N) is 1. The fraction of sp³-hybridized carbons (Fsp3) is 0.529. The maximum absolute atomic E-state index is 12.8. The smallest absolute Gasteiger partial charge is 0.228 e. The van der Waals surface area contributed by atoms with E-state index in [0.717, 1.165) is 5.56 Å². The summed E-state index contributed by atoms with van der Waals surface area (Å²) in [5, 5.41) is 5.75. The van der Waals surface area contributed by atoms with Gasteiger partial charge in [0.05, 0.1) is 25.0 Å². The summed E-state index contributed by atoms with van der Waals surface area (Å²) in [5.41, 5.74) is 1.27. The lowest BCUT2D eigenvalue weighted by Crippen LogP contribution is -2.47. The molecule has 2 aliphatic heterocycles. The summed E-state index contributed by atoms with van der Waals surface area (Å²) in [6.07, 6.45) is 2.39. The van der Waals surface area contributed by atoms with Crippen LogP contribution in [-0.2, 0) is 19.6 Å². The van der Waals surface area contributed by atoms with Gasteiger partial charge in [0.2, 0.25) is 21.8 Å². The van der Waals surface area contributed by atoms with Crippen LogP contribution in [-0.4, -0.2) is 57.0 Å². The van der Waals surface area contributed by atoms with Gasteiger partial charge < -0.3 is 15.4 Å². The molecular formula is C17H23N3O5S. The molecule has 8 nitrogen and oxygen atoms in total. The molecule has 1 aromatic carbocycles. The van der Waals surface area contributed by atoms with Crippen molar-refractivity contribution in [2.75, 3.05) is 31.8 Å². The number of carbonyl (C=O) groups excluding carboxylic acids is 2. The Kier molecular flexibility index (Phi) is 5.19. The summed E-state index contributed by atoms with van der Waals surface area (Å²) in [6, 6.07) is 5.24. The standard InChI is InChI=1S/C17H23N3O5S/c1-25-14-5-3-4-12-13(10-15(21)19-16(12)14)17(22)18-11-6-8-20(9-7-11)26(2,23)24/h3-5,11,13H,6-10H2,1-2H3,(H,18,22)(H,19,21)/t13-/m0/s1. The fourth-order valence-corrected chi connectivity index (χ4v) is 4.37. The monoisotopic (exact) mass is 381 g/mol. The van der Waals surface area contributed by atoms with Gasteiger partial charge in [-0.3, -0.25) is 9.59 Å². The first-order chi connectivity index (χ1) is 12.3. The molecule has 0 radical (unpaired) electrons. The van der Waals surface area contributed by atoms with Gasteiger partial charge >= 0.3 is 0 Å². The average Bonchev–Trinajstić information content (AvgIpc) is 2.60. The number of carbonyl (C=O) groups is 2. The molecular weight excluding hydrogens is 358 g/mol. The van der Waals surface area contributed by atoms with Gasteiger partial charge in [-0.05, 0) is 24.5 Å². The highest BCUT2D eigenvalue weighted by Gasteiger charge is 2.34. The molecule has 1 saturated heterocycles. The molecule has 0 spiro atoms. The molecule has 0 aromatic heterocycles. The maximum Gasteiger partial charge on any atom is 0.228 e. The lowest BCUT2D eigenvalue weighted by molar-refractivity contribution is -0.127. The van der Waals surface area contributed by atoms with Crippen molar-refractivity contribution in [2.45, 2.75) is 31.2 Å². The van der Waals surface area contributed by atoms with E-state index in [4.69, 9.17) is 4.74 Å². The van der Waals surface area contributed by atoms with E-state index in [1.54, 1.807) is 12.1 Å². The van der Waals surface area contributed by atoms with Crippen LogP contribution in [0.3, 0.4) is 0 Å². The van der Waals surface area contributed by atoms with Crippen molar-refractivity contribution >= 4 is 27.5 Å². The maximum atomic E-state index is 12.8. The zero-order valence-corrected chi connectivity index (χ0v) is 15.6. The third kappa shape index (κ3) is 3.83. The molecule has 0 aliphatic carbocycles. The lowest BCUT2D eigenvalue weighted by atomic mass is 9.89. The van der Waals surface area contributed by atoms with Crippen molar-refractivity contribution in [3.8, 4) is 5.75 Å². The summed E-state index contributed by atoms with van der Waals surface area (Å²) >= 11 is 0. The van der Waals surface area contributed by atoms with E-state index in [1.807, 2.05) is 6.07 Å². The Morgan fingerprint density at radius 1 is 1.31 bits per heavy atom. The quantitative estimate of drug-likeness (QED) is 0.797. The normalized spacial score (nSPS) is 21.6. The largest absolute Gasteiger partial charge is 0.495 e. The first kappa shape index (κ1) is 18.7. The molecule has 9 heteroatoms. The van der Waals surface area contributed by atoms with Gasteiger partial charge in [0.25, 0.3) is 0 Å². The Morgan fingerprint density at radius 2 is 2.00 bits per heavy atom. The topological polar surface area (TPSA) is 105 Å². The number of benzene rings is 1. The van der Waals surface area contributed by atoms with Crippen LogP contribution in [0.4, 0.5) is 5.69 Å². The predicted octanol–water partition coefficient (Wildman–Crippen LogP) is 0.661. The number of hydrogen-bond acceptors (Lipinski definition) is 5. The molecule has 1 atom stereocenters. The van der Waals surface area contributed by atoms with E-state index in [9.17, 15) is 18.0 Å². The Morgan fingerprint density at radius 3 is 2.62 bits per heavy atom. The highest BCUT2D eigenvalue weighted by Crippen LogP contribution is 2.38. The number of fused-ring (bicyclic) bond motifs is 1. The van der Waals surface area contributed by atoms with Gasteiger partial charge in [0.1, 0.15) is 5.75 Å². The molecule has 3 rings (SSSR count). The summed E-state index contributed by atoms with van der Waals surface area (Å²) < 4.78 is 29.9. The molecule has 2 heterocycles. The number of sulfonamides is 1. The SMILES string of the molecule is COc1cccc2c1NC(=O)C[C@@H]2C(=O)NC1CCN(S(C)(=O)=O)CC1. The van der Waals surface area contributed by atoms with Crippen molar-refractivity contribution in [3.05, 3.63) is 23.8 Å². The molecule has 142 valence electrons. The summed E-state index contributed by atoms with van der Waals surface area (Å²) in [4.78, 5) is 24.8. The van der Waals surface area contributed by atoms with Crippen LogP contribution < -0.4 is 15.4 Å². The first-order valence-corrected chi connectivity index (χ1v) is 10.4. The Bertz CT molecular complexity index is 816. The fourth-order valence-electron chi connectivity index (χ4n) is 3.50. The van der Waals surface area contributed by atoms with E-state index in [1.165, 1.54) is 17.7 Å². The molecule has 1 aromatic rings. The lowest BCUT2D eigenvalue weighted by Gasteiger charge is -2.32. The number of anilines is 1. The number of hydrogen-bond donors (Lipinski definition) is 2. The summed E-state index contributed by atoms with van der Waals surface area (Å²) in [5.74, 6) is -0.502. The molecule has 1 fully saturated rings. The zero-order chi connectivity index (χ0) is 18.9. The van der Waals surface area contributed by atoms with E-state index in [0.29, 0.717) is 37.4 Å². The third-order valence-corrected chi connectivity index (χ3v) is 6.20. The van der Waals surface area contributed by atoms with Crippen LogP contribution in [0.5, 0.6) is 5.75 Å². The molecule has 2 N–H and O–H groups in total. The van der Waals surface area contributed by atoms with Crippen LogP contribution in [0, 0.1) is 0 Å². The molecule has 2 amide bonds. The summed E-state index contributed by atoms with van der Waals surface area (Å²) in [6.45, 7) is 0.776. The van der Waals surface area contributed by atoms with Gasteiger partial charge in [0, 0.05) is 25.6 Å². The highest BCUT2D eigenvalue weighted by molar-refractivity contribution is 7.88. The van der Waals surface area contributed by atoms with Crippen LogP contribution in [0.15, 0.2) is 18.2 Å². The number of para-hydroxylation sites is 1. The molecule has 0 saturated carbocycles. The number of ether oxygens (including phenoxy) is 1. The van der Waals surface area contributed by atoms with Gasteiger partial charge in [-0.15, -0.1) is 0 Å². The van der Waals surface area contributed by atoms with Crippen molar-refractivity contribution < 1.29 is 22.7 Å². The van der Waals surface area contributed by atoms with Gasteiger partial charge in [-0.2, -0.15) is 0 Å². The molecule has 0 bridgehead atoms. The van der Waals surface area contributed by atoms with Crippen molar-refractivity contribution in [1.82, 2.24) is 9.62 Å². The second kappa shape index (κ2) is 7.24. The third-order valence-electron chi connectivity index (χ3n) is 4.89. The van der Waals surface area contributed by atoms with Gasteiger partial charge in [-0.25, -0.2) is 12.7 Å². The van der Waals surface area contributed by atoms with E-state index in [-0.39, 0.29) is 24.3 Å². The number of rotatable bonds is 4. The Balaban J connectivity index is 1.71. The van der Waals surface area contributed by atoms with Crippen LogP contribution in [0.2, 0.25) is 0 Å². The van der Waals surface area contributed by atoms with E-state index < -0.39 is 15.9 Å². The van der Waals surface area contributed by atoms with E-state index >= 15 is 0 Å². The van der Waals surface area contributed by atoms with Crippen LogP contribution in [0.1, 0.15) is 30.7 Å². The first-order valence-electron chi connectivity index (χ1n) is 8.52. The van der Waals surface area contributed by atoms with Crippen LogP contribution in [0.25, 0.3) is 0 Å². The second-order valence-corrected chi connectivity index (χ2v) is 8.66. The molecule has 2 aliphatic rings. The van der Waals surface area contributed by atoms with Gasteiger partial charge in [-0.1, -0.05) is 12.1 Å². The van der Waals surface area contributed by atoms with Gasteiger partial charge in [0.15, 0.2) is 0 Å². The van der Waals surface area contributed by atoms with Crippen molar-refractivity contribution in [2.24, 2.45) is 0 Å². The van der Waals surface area contributed by atoms with E-state index in [2.05, 4.69) is 10.6 Å². The average molecular weight is 381 g/mol.